The van der Waals surface area contributed by atoms with E-state index in [0.717, 1.165) is 12.2 Å². The maximum atomic E-state index is 5.77. The number of rotatable bonds is 6. The Balaban J connectivity index is 2.80. The summed E-state index contributed by atoms with van der Waals surface area (Å²) >= 11 is 3.87. The Hall–Kier alpha value is -0.500. The van der Waals surface area contributed by atoms with Crippen molar-refractivity contribution in [3.63, 3.8) is 0 Å². The van der Waals surface area contributed by atoms with Gasteiger partial charge in [-0.2, -0.15) is 0 Å². The zero-order chi connectivity index (χ0) is 15.3. The quantitative estimate of drug-likeness (QED) is 0.552. The van der Waals surface area contributed by atoms with Gasteiger partial charge in [0.05, 0.1) is 6.61 Å². The minimum Gasteiger partial charge on any atom is -0.494 e. The van der Waals surface area contributed by atoms with Gasteiger partial charge in [-0.3, -0.25) is 0 Å². The summed E-state index contributed by atoms with van der Waals surface area (Å²) in [6.07, 6.45) is 2.38. The van der Waals surface area contributed by atoms with E-state index in [4.69, 9.17) is 4.74 Å². The Labute approximate surface area is 133 Å². The van der Waals surface area contributed by atoms with Gasteiger partial charge in [0, 0.05) is 10.4 Å². The van der Waals surface area contributed by atoms with Crippen LogP contribution in [-0.4, -0.2) is 6.61 Å². The number of hydrogen-bond donors (Lipinski definition) is 0. The molecular formula is C18H29BrO. The highest BCUT2D eigenvalue weighted by Gasteiger charge is 2.20. The fraction of sp³-hybridized carbons (Fsp3) is 0.667. The smallest absolute Gasteiger partial charge is 0.123 e. The van der Waals surface area contributed by atoms with Crippen molar-refractivity contribution in [2.45, 2.75) is 59.2 Å². The van der Waals surface area contributed by atoms with Gasteiger partial charge in [-0.05, 0) is 44.1 Å². The Kier molecular flexibility index (Phi) is 6.57. The van der Waals surface area contributed by atoms with Gasteiger partial charge in [0.1, 0.15) is 5.75 Å². The van der Waals surface area contributed by atoms with E-state index in [9.17, 15) is 0 Å². The molecule has 0 N–H and O–H groups in total. The highest BCUT2D eigenvalue weighted by molar-refractivity contribution is 9.09. The van der Waals surface area contributed by atoms with E-state index >= 15 is 0 Å². The molecule has 2 atom stereocenters. The van der Waals surface area contributed by atoms with Crippen LogP contribution in [0.3, 0.4) is 0 Å². The molecule has 1 aromatic rings. The van der Waals surface area contributed by atoms with Crippen molar-refractivity contribution in [1.29, 1.82) is 0 Å². The summed E-state index contributed by atoms with van der Waals surface area (Å²) in [5.74, 6) is 1.71. The zero-order valence-corrected chi connectivity index (χ0v) is 15.4. The second-order valence-electron chi connectivity index (χ2n) is 7.05. The van der Waals surface area contributed by atoms with Crippen LogP contribution in [0.15, 0.2) is 18.2 Å². The average molecular weight is 341 g/mol. The lowest BCUT2D eigenvalue weighted by atomic mass is 9.83. The molecule has 0 fully saturated rings. The molecule has 0 aliphatic rings. The van der Waals surface area contributed by atoms with Gasteiger partial charge in [0.2, 0.25) is 0 Å². The van der Waals surface area contributed by atoms with E-state index in [2.05, 4.69) is 68.7 Å². The molecule has 0 heterocycles. The van der Waals surface area contributed by atoms with Crippen molar-refractivity contribution in [2.75, 3.05) is 6.61 Å². The lowest BCUT2D eigenvalue weighted by molar-refractivity contribution is 0.294. The first-order valence-corrected chi connectivity index (χ1v) is 8.52. The molecule has 0 saturated carbocycles. The van der Waals surface area contributed by atoms with Crippen LogP contribution < -0.4 is 4.74 Å². The van der Waals surface area contributed by atoms with E-state index in [1.165, 1.54) is 17.5 Å². The summed E-state index contributed by atoms with van der Waals surface area (Å²) in [6, 6.07) is 6.46. The van der Waals surface area contributed by atoms with Crippen molar-refractivity contribution in [2.24, 2.45) is 11.3 Å². The van der Waals surface area contributed by atoms with Crippen LogP contribution in [-0.2, 0) is 0 Å². The molecule has 0 spiro atoms. The van der Waals surface area contributed by atoms with E-state index in [1.54, 1.807) is 0 Å². The molecule has 0 radical (unpaired) electrons. The molecule has 0 aromatic heterocycles. The van der Waals surface area contributed by atoms with Crippen molar-refractivity contribution >= 4 is 15.9 Å². The van der Waals surface area contributed by atoms with Gasteiger partial charge in [0.15, 0.2) is 0 Å². The second-order valence-corrected chi connectivity index (χ2v) is 8.15. The molecule has 0 saturated heterocycles. The third-order valence-corrected chi connectivity index (χ3v) is 4.24. The lowest BCUT2D eigenvalue weighted by Crippen LogP contribution is -2.12. The summed E-state index contributed by atoms with van der Waals surface area (Å²) in [4.78, 5) is 0.362. The number of ether oxygens (including phenoxy) is 1. The molecule has 2 heteroatoms. The van der Waals surface area contributed by atoms with E-state index in [-0.39, 0.29) is 0 Å². The highest BCUT2D eigenvalue weighted by Crippen LogP contribution is 2.39. The number of hydrogen-bond acceptors (Lipinski definition) is 1. The fourth-order valence-corrected chi connectivity index (χ4v) is 3.80. The van der Waals surface area contributed by atoms with Crippen molar-refractivity contribution in [3.8, 4) is 5.75 Å². The van der Waals surface area contributed by atoms with Gasteiger partial charge in [-0.15, -0.1) is 0 Å². The summed E-state index contributed by atoms with van der Waals surface area (Å²) in [5, 5.41) is 0. The van der Waals surface area contributed by atoms with Crippen LogP contribution >= 0.6 is 15.9 Å². The van der Waals surface area contributed by atoms with Crippen LogP contribution in [0.5, 0.6) is 5.75 Å². The molecule has 114 valence electrons. The highest BCUT2D eigenvalue weighted by atomic mass is 79.9. The summed E-state index contributed by atoms with van der Waals surface area (Å²) in [6.45, 7) is 14.2. The number of benzene rings is 1. The fourth-order valence-electron chi connectivity index (χ4n) is 2.81. The Morgan fingerprint density at radius 1 is 1.25 bits per heavy atom. The first kappa shape index (κ1) is 17.6. The average Bonchev–Trinajstić information content (AvgIpc) is 2.29. The molecular weight excluding hydrogens is 312 g/mol. The maximum Gasteiger partial charge on any atom is 0.123 e. The first-order chi connectivity index (χ1) is 9.23. The summed E-state index contributed by atoms with van der Waals surface area (Å²) < 4.78 is 5.77. The van der Waals surface area contributed by atoms with Gasteiger partial charge in [-0.1, -0.05) is 61.3 Å². The van der Waals surface area contributed by atoms with E-state index < -0.39 is 0 Å². The molecule has 2 unspecified atom stereocenters. The predicted molar refractivity (Wildman–Crippen MR) is 91.9 cm³/mol. The maximum absolute atomic E-state index is 5.77. The summed E-state index contributed by atoms with van der Waals surface area (Å²) in [7, 11) is 0. The van der Waals surface area contributed by atoms with Crippen molar-refractivity contribution in [3.05, 3.63) is 29.3 Å². The monoisotopic (exact) mass is 340 g/mol. The van der Waals surface area contributed by atoms with E-state index in [0.29, 0.717) is 22.8 Å². The Morgan fingerprint density at radius 2 is 1.90 bits per heavy atom. The van der Waals surface area contributed by atoms with Gasteiger partial charge < -0.3 is 4.74 Å². The molecule has 1 rings (SSSR count). The van der Waals surface area contributed by atoms with Crippen LogP contribution in [0.2, 0.25) is 0 Å². The van der Waals surface area contributed by atoms with Gasteiger partial charge >= 0.3 is 0 Å². The summed E-state index contributed by atoms with van der Waals surface area (Å²) in [5.41, 5.74) is 2.96. The third kappa shape index (κ3) is 5.87. The normalized spacial score (nSPS) is 14.9. The standard InChI is InChI=1S/C18H29BrO/c1-7-20-17-9-8-13(2)10-15(17)16(19)11-14(3)12-18(4,5)6/h8-10,14,16H,7,11-12H2,1-6H3. The predicted octanol–water partition coefficient (Wildman–Crippen LogP) is 6.29. The number of aryl methyl sites for hydroxylation is 1. The van der Waals surface area contributed by atoms with Crippen LogP contribution in [0.25, 0.3) is 0 Å². The molecule has 0 aliphatic heterocycles. The minimum atomic E-state index is 0.362. The van der Waals surface area contributed by atoms with Crippen LogP contribution in [0.1, 0.15) is 63.4 Å². The van der Waals surface area contributed by atoms with Crippen molar-refractivity contribution < 1.29 is 4.74 Å². The lowest BCUT2D eigenvalue weighted by Gasteiger charge is -2.25. The third-order valence-electron chi connectivity index (χ3n) is 3.37. The number of alkyl halides is 1. The van der Waals surface area contributed by atoms with Crippen molar-refractivity contribution in [1.82, 2.24) is 0 Å². The second kappa shape index (κ2) is 7.49. The van der Waals surface area contributed by atoms with Gasteiger partial charge in [0.25, 0.3) is 0 Å². The molecule has 0 bridgehead atoms. The van der Waals surface area contributed by atoms with Gasteiger partial charge in [-0.25, -0.2) is 0 Å². The molecule has 0 aliphatic carbocycles. The van der Waals surface area contributed by atoms with Crippen LogP contribution in [0.4, 0.5) is 0 Å². The first-order valence-electron chi connectivity index (χ1n) is 7.60. The Morgan fingerprint density at radius 3 is 2.45 bits per heavy atom. The molecule has 20 heavy (non-hydrogen) atoms. The van der Waals surface area contributed by atoms with E-state index in [1.807, 2.05) is 6.92 Å². The number of halogens is 1. The minimum absolute atomic E-state index is 0.362. The van der Waals surface area contributed by atoms with Crippen LogP contribution in [0, 0.1) is 18.3 Å². The SMILES string of the molecule is CCOc1ccc(C)cc1C(Br)CC(C)CC(C)(C)C. The molecule has 1 nitrogen and oxygen atoms in total. The topological polar surface area (TPSA) is 9.23 Å². The zero-order valence-electron chi connectivity index (χ0n) is 13.8. The largest absolute Gasteiger partial charge is 0.494 e. The molecule has 0 amide bonds. The Bertz CT molecular complexity index is 420. The molecule has 1 aromatic carbocycles.